The second-order valence-corrected chi connectivity index (χ2v) is 4.06. The van der Waals surface area contributed by atoms with Crippen LogP contribution in [-0.2, 0) is 0 Å². The van der Waals surface area contributed by atoms with E-state index in [1.165, 1.54) is 0 Å². The van der Waals surface area contributed by atoms with Crippen LogP contribution >= 0.6 is 23.2 Å². The smallest absolute Gasteiger partial charge is 0.230 e. The standard InChI is InChI=1S/C9H14Cl2N4O/c1-15(5-3-2-4-6-16)9-13-7(10)12-8(11)14-9/h16H,2-6H2,1H3. The molecule has 1 rings (SSSR count). The molecule has 0 saturated carbocycles. The summed E-state index contributed by atoms with van der Waals surface area (Å²) in [6.45, 7) is 1.02. The number of hydrogen-bond acceptors (Lipinski definition) is 5. The van der Waals surface area contributed by atoms with Crippen LogP contribution in [0.4, 0.5) is 5.95 Å². The molecule has 90 valence electrons. The van der Waals surface area contributed by atoms with Crippen LogP contribution in [0, 0.1) is 0 Å². The number of unbranched alkanes of at least 4 members (excludes halogenated alkanes) is 2. The van der Waals surface area contributed by atoms with Gasteiger partial charge in [-0.2, -0.15) is 15.0 Å². The molecule has 7 heteroatoms. The maximum absolute atomic E-state index is 8.64. The summed E-state index contributed by atoms with van der Waals surface area (Å²) in [7, 11) is 1.86. The van der Waals surface area contributed by atoms with Crippen LogP contribution in [-0.4, -0.2) is 40.3 Å². The van der Waals surface area contributed by atoms with E-state index in [4.69, 9.17) is 28.3 Å². The van der Waals surface area contributed by atoms with Crippen molar-refractivity contribution in [1.29, 1.82) is 0 Å². The minimum Gasteiger partial charge on any atom is -0.396 e. The second kappa shape index (κ2) is 6.83. The van der Waals surface area contributed by atoms with Gasteiger partial charge in [0.05, 0.1) is 0 Å². The monoisotopic (exact) mass is 264 g/mol. The fourth-order valence-corrected chi connectivity index (χ4v) is 1.58. The Morgan fingerprint density at radius 3 is 2.25 bits per heavy atom. The fraction of sp³-hybridized carbons (Fsp3) is 0.667. The third kappa shape index (κ3) is 4.47. The molecule has 0 atom stereocenters. The van der Waals surface area contributed by atoms with Gasteiger partial charge >= 0.3 is 0 Å². The molecule has 1 aromatic rings. The van der Waals surface area contributed by atoms with Gasteiger partial charge in [0.2, 0.25) is 16.5 Å². The summed E-state index contributed by atoms with van der Waals surface area (Å²) in [6, 6.07) is 0. The fourth-order valence-electron chi connectivity index (χ4n) is 1.22. The molecule has 1 N–H and O–H groups in total. The molecule has 0 fully saturated rings. The average molecular weight is 265 g/mol. The van der Waals surface area contributed by atoms with E-state index in [1.54, 1.807) is 0 Å². The van der Waals surface area contributed by atoms with E-state index < -0.39 is 0 Å². The molecule has 0 spiro atoms. The van der Waals surface area contributed by atoms with E-state index in [2.05, 4.69) is 15.0 Å². The van der Waals surface area contributed by atoms with Crippen LogP contribution < -0.4 is 4.90 Å². The van der Waals surface area contributed by atoms with Gasteiger partial charge in [0, 0.05) is 20.2 Å². The molecule has 0 saturated heterocycles. The highest BCUT2D eigenvalue weighted by molar-refractivity contribution is 6.31. The van der Waals surface area contributed by atoms with E-state index in [0.29, 0.717) is 5.95 Å². The van der Waals surface area contributed by atoms with Crippen molar-refractivity contribution in [2.75, 3.05) is 25.1 Å². The number of aromatic nitrogens is 3. The van der Waals surface area contributed by atoms with Crippen LogP contribution in [0.25, 0.3) is 0 Å². The molecule has 0 aliphatic heterocycles. The summed E-state index contributed by atoms with van der Waals surface area (Å²) in [5.41, 5.74) is 0. The molecule has 1 heterocycles. The summed E-state index contributed by atoms with van der Waals surface area (Å²) in [6.07, 6.45) is 2.73. The van der Waals surface area contributed by atoms with Gasteiger partial charge in [-0.3, -0.25) is 0 Å². The minimum atomic E-state index is 0.0946. The minimum absolute atomic E-state index is 0.0946. The Morgan fingerprint density at radius 1 is 1.06 bits per heavy atom. The Bertz CT molecular complexity index is 317. The number of aliphatic hydroxyl groups excluding tert-OH is 1. The van der Waals surface area contributed by atoms with Crippen molar-refractivity contribution < 1.29 is 5.11 Å². The largest absolute Gasteiger partial charge is 0.396 e. The summed E-state index contributed by atoms with van der Waals surface area (Å²) < 4.78 is 0. The van der Waals surface area contributed by atoms with Gasteiger partial charge in [0.25, 0.3) is 0 Å². The molecule has 0 amide bonds. The van der Waals surface area contributed by atoms with Crippen molar-refractivity contribution in [3.63, 3.8) is 0 Å². The molecule has 0 aliphatic rings. The average Bonchev–Trinajstić information content (AvgIpc) is 2.22. The number of rotatable bonds is 6. The quantitative estimate of drug-likeness (QED) is 0.794. The van der Waals surface area contributed by atoms with Gasteiger partial charge in [-0.1, -0.05) is 0 Å². The highest BCUT2D eigenvalue weighted by atomic mass is 35.5. The molecule has 0 aromatic carbocycles. The maximum Gasteiger partial charge on any atom is 0.230 e. The Labute approximate surface area is 104 Å². The van der Waals surface area contributed by atoms with Crippen LogP contribution in [0.15, 0.2) is 0 Å². The van der Waals surface area contributed by atoms with Crippen molar-refractivity contribution in [2.45, 2.75) is 19.3 Å². The third-order valence-corrected chi connectivity index (χ3v) is 2.40. The van der Waals surface area contributed by atoms with Gasteiger partial charge in [-0.05, 0) is 42.5 Å². The van der Waals surface area contributed by atoms with Crippen LogP contribution in [0.3, 0.4) is 0 Å². The van der Waals surface area contributed by atoms with E-state index in [-0.39, 0.29) is 17.2 Å². The van der Waals surface area contributed by atoms with E-state index in [9.17, 15) is 0 Å². The van der Waals surface area contributed by atoms with E-state index in [0.717, 1.165) is 25.8 Å². The molecule has 1 aromatic heterocycles. The van der Waals surface area contributed by atoms with Gasteiger partial charge in [0.15, 0.2) is 0 Å². The second-order valence-electron chi connectivity index (χ2n) is 3.38. The zero-order valence-electron chi connectivity index (χ0n) is 9.03. The first-order chi connectivity index (χ1) is 7.63. The number of anilines is 1. The number of halogens is 2. The van der Waals surface area contributed by atoms with Gasteiger partial charge in [0.1, 0.15) is 0 Å². The molecule has 16 heavy (non-hydrogen) atoms. The van der Waals surface area contributed by atoms with Crippen LogP contribution in [0.5, 0.6) is 0 Å². The summed E-state index contributed by atoms with van der Waals surface area (Å²) in [5.74, 6) is 0.467. The lowest BCUT2D eigenvalue weighted by atomic mass is 10.2. The summed E-state index contributed by atoms with van der Waals surface area (Å²) in [5, 5.41) is 8.83. The lowest BCUT2D eigenvalue weighted by molar-refractivity contribution is 0.283. The highest BCUT2D eigenvalue weighted by Gasteiger charge is 2.07. The lowest BCUT2D eigenvalue weighted by Gasteiger charge is -2.16. The lowest BCUT2D eigenvalue weighted by Crippen LogP contribution is -2.21. The Hall–Kier alpha value is -0.650. The Morgan fingerprint density at radius 2 is 1.69 bits per heavy atom. The topological polar surface area (TPSA) is 62.1 Å². The summed E-state index contributed by atoms with van der Waals surface area (Å²) in [4.78, 5) is 13.5. The molecule has 0 unspecified atom stereocenters. The van der Waals surface area contributed by atoms with Crippen LogP contribution in [0.2, 0.25) is 10.6 Å². The molecular weight excluding hydrogens is 251 g/mol. The van der Waals surface area contributed by atoms with Crippen molar-refractivity contribution in [3.8, 4) is 0 Å². The van der Waals surface area contributed by atoms with Crippen molar-refractivity contribution in [2.24, 2.45) is 0 Å². The first-order valence-electron chi connectivity index (χ1n) is 5.02. The number of nitrogens with zero attached hydrogens (tertiary/aromatic N) is 4. The molecule has 0 radical (unpaired) electrons. The molecular formula is C9H14Cl2N4O. The number of aliphatic hydroxyl groups is 1. The zero-order chi connectivity index (χ0) is 12.0. The predicted molar refractivity (Wildman–Crippen MR) is 64.1 cm³/mol. The van der Waals surface area contributed by atoms with Gasteiger partial charge < -0.3 is 10.0 Å². The number of hydrogen-bond donors (Lipinski definition) is 1. The Balaban J connectivity index is 2.48. The first-order valence-corrected chi connectivity index (χ1v) is 5.78. The maximum atomic E-state index is 8.64. The van der Waals surface area contributed by atoms with Crippen molar-refractivity contribution in [1.82, 2.24) is 15.0 Å². The third-order valence-electron chi connectivity index (χ3n) is 2.06. The van der Waals surface area contributed by atoms with Crippen molar-refractivity contribution >= 4 is 29.2 Å². The molecule has 0 bridgehead atoms. The molecule has 0 aliphatic carbocycles. The van der Waals surface area contributed by atoms with Crippen molar-refractivity contribution in [3.05, 3.63) is 10.6 Å². The van der Waals surface area contributed by atoms with Gasteiger partial charge in [-0.25, -0.2) is 0 Å². The van der Waals surface area contributed by atoms with E-state index in [1.807, 2.05) is 11.9 Å². The Kier molecular flexibility index (Phi) is 5.73. The zero-order valence-corrected chi connectivity index (χ0v) is 10.5. The first kappa shape index (κ1) is 13.4. The normalized spacial score (nSPS) is 10.5. The highest BCUT2D eigenvalue weighted by Crippen LogP contribution is 2.13. The van der Waals surface area contributed by atoms with Crippen LogP contribution in [0.1, 0.15) is 19.3 Å². The summed E-state index contributed by atoms with van der Waals surface area (Å²) >= 11 is 11.3. The molecule has 5 nitrogen and oxygen atoms in total. The predicted octanol–water partition coefficient (Wildman–Crippen LogP) is 1.78. The SMILES string of the molecule is CN(CCCCCO)c1nc(Cl)nc(Cl)n1. The van der Waals surface area contributed by atoms with E-state index >= 15 is 0 Å². The van der Waals surface area contributed by atoms with Gasteiger partial charge in [-0.15, -0.1) is 0 Å².